The van der Waals surface area contributed by atoms with Crippen LogP contribution in [0.4, 0.5) is 0 Å². The van der Waals surface area contributed by atoms with Crippen molar-refractivity contribution in [1.29, 1.82) is 0 Å². The highest BCUT2D eigenvalue weighted by Crippen LogP contribution is 2.14. The Morgan fingerprint density at radius 3 is 2.87 bits per heavy atom. The normalized spacial score (nSPS) is 10.7. The van der Waals surface area contributed by atoms with E-state index in [9.17, 15) is 4.79 Å². The van der Waals surface area contributed by atoms with Crippen LogP contribution in [-0.4, -0.2) is 33.0 Å². The second kappa shape index (κ2) is 6.43. The van der Waals surface area contributed by atoms with Gasteiger partial charge in [-0.1, -0.05) is 11.3 Å². The summed E-state index contributed by atoms with van der Waals surface area (Å²) in [6, 6.07) is 9.01. The summed E-state index contributed by atoms with van der Waals surface area (Å²) in [7, 11) is 1.56. The van der Waals surface area contributed by atoms with Gasteiger partial charge in [0.05, 0.1) is 12.6 Å². The minimum Gasteiger partial charge on any atom is -0.481 e. The van der Waals surface area contributed by atoms with E-state index >= 15 is 0 Å². The monoisotopic (exact) mass is 311 g/mol. The van der Waals surface area contributed by atoms with Gasteiger partial charge in [0.25, 0.3) is 5.91 Å². The molecule has 1 amide bonds. The van der Waals surface area contributed by atoms with Gasteiger partial charge in [0.15, 0.2) is 0 Å². The molecular weight excluding hydrogens is 294 g/mol. The first kappa shape index (κ1) is 15.0. The Hall–Kier alpha value is -2.96. The summed E-state index contributed by atoms with van der Waals surface area (Å²) < 4.78 is 6.79. The van der Waals surface area contributed by atoms with Crippen LogP contribution in [0.25, 0.3) is 11.0 Å². The lowest BCUT2D eigenvalue weighted by molar-refractivity contribution is 0.0951. The lowest BCUT2D eigenvalue weighted by atomic mass is 10.2. The number of amides is 1. The first-order valence-electron chi connectivity index (χ1n) is 7.31. The summed E-state index contributed by atoms with van der Waals surface area (Å²) in [5, 5.41) is 11.0. The molecule has 118 valence electrons. The third kappa shape index (κ3) is 3.13. The van der Waals surface area contributed by atoms with Crippen molar-refractivity contribution >= 4 is 16.9 Å². The smallest absolute Gasteiger partial charge is 0.251 e. The summed E-state index contributed by atoms with van der Waals surface area (Å²) in [5.41, 5.74) is 3.09. The SMILES string of the molecule is CCn1nnc2cc(C(=O)NCc3ccc(OC)nc3)ccc21. The van der Waals surface area contributed by atoms with Gasteiger partial charge in [-0.05, 0) is 30.7 Å². The summed E-state index contributed by atoms with van der Waals surface area (Å²) >= 11 is 0. The zero-order chi connectivity index (χ0) is 16.2. The van der Waals surface area contributed by atoms with E-state index < -0.39 is 0 Å². The fourth-order valence-electron chi connectivity index (χ4n) is 2.27. The van der Waals surface area contributed by atoms with Crippen LogP contribution in [0, 0.1) is 0 Å². The molecule has 1 aromatic carbocycles. The second-order valence-electron chi connectivity index (χ2n) is 5.00. The Labute approximate surface area is 133 Å². The number of carbonyl (C=O) groups is 1. The topological polar surface area (TPSA) is 81.9 Å². The third-order valence-corrected chi connectivity index (χ3v) is 3.54. The average molecular weight is 311 g/mol. The highest BCUT2D eigenvalue weighted by Gasteiger charge is 2.09. The highest BCUT2D eigenvalue weighted by molar-refractivity contribution is 5.97. The fraction of sp³-hybridized carbons (Fsp3) is 0.250. The van der Waals surface area contributed by atoms with Crippen LogP contribution in [0.3, 0.4) is 0 Å². The standard InChI is InChI=1S/C16H17N5O2/c1-3-21-14-6-5-12(8-13(14)19-20-21)16(22)18-10-11-4-7-15(23-2)17-9-11/h4-9H,3,10H2,1-2H3,(H,18,22). The van der Waals surface area contributed by atoms with Crippen molar-refractivity contribution in [3.8, 4) is 5.88 Å². The van der Waals surface area contributed by atoms with Gasteiger partial charge in [0.1, 0.15) is 5.52 Å². The van der Waals surface area contributed by atoms with Gasteiger partial charge >= 0.3 is 0 Å². The molecule has 0 radical (unpaired) electrons. The molecule has 0 saturated heterocycles. The first-order valence-corrected chi connectivity index (χ1v) is 7.31. The number of nitrogens with one attached hydrogen (secondary N) is 1. The fourth-order valence-corrected chi connectivity index (χ4v) is 2.27. The number of aryl methyl sites for hydroxylation is 1. The Kier molecular flexibility index (Phi) is 4.18. The van der Waals surface area contributed by atoms with E-state index in [1.165, 1.54) is 0 Å². The molecule has 0 unspecified atom stereocenters. The largest absolute Gasteiger partial charge is 0.481 e. The van der Waals surface area contributed by atoms with Crippen molar-refractivity contribution in [3.63, 3.8) is 0 Å². The third-order valence-electron chi connectivity index (χ3n) is 3.54. The van der Waals surface area contributed by atoms with Crippen LogP contribution in [0.2, 0.25) is 0 Å². The molecule has 7 nitrogen and oxygen atoms in total. The number of carbonyl (C=O) groups excluding carboxylic acids is 1. The van der Waals surface area contributed by atoms with Gasteiger partial charge in [-0.15, -0.1) is 5.10 Å². The van der Waals surface area contributed by atoms with Crippen molar-refractivity contribution in [1.82, 2.24) is 25.3 Å². The Balaban J connectivity index is 1.70. The molecule has 0 aliphatic carbocycles. The van der Waals surface area contributed by atoms with Crippen molar-refractivity contribution in [2.75, 3.05) is 7.11 Å². The lowest BCUT2D eigenvalue weighted by Gasteiger charge is -2.06. The molecular formula is C16H17N5O2. The van der Waals surface area contributed by atoms with Crippen molar-refractivity contribution in [2.45, 2.75) is 20.0 Å². The number of hydrogen-bond donors (Lipinski definition) is 1. The molecule has 0 bridgehead atoms. The van der Waals surface area contributed by atoms with Gasteiger partial charge in [0, 0.05) is 30.9 Å². The molecule has 2 heterocycles. The molecule has 0 spiro atoms. The summed E-state index contributed by atoms with van der Waals surface area (Å²) in [6.45, 7) is 3.14. The number of nitrogens with zero attached hydrogens (tertiary/aromatic N) is 4. The molecule has 23 heavy (non-hydrogen) atoms. The van der Waals surface area contributed by atoms with Crippen molar-refractivity contribution < 1.29 is 9.53 Å². The maximum Gasteiger partial charge on any atom is 0.251 e. The number of fused-ring (bicyclic) bond motifs is 1. The van der Waals surface area contributed by atoms with Crippen LogP contribution in [-0.2, 0) is 13.1 Å². The molecule has 0 fully saturated rings. The summed E-state index contributed by atoms with van der Waals surface area (Å²) in [5.74, 6) is 0.387. The van der Waals surface area contributed by atoms with Gasteiger partial charge in [-0.3, -0.25) is 4.79 Å². The summed E-state index contributed by atoms with van der Waals surface area (Å²) in [6.07, 6.45) is 1.68. The van der Waals surface area contributed by atoms with Gasteiger partial charge in [-0.2, -0.15) is 0 Å². The molecule has 0 saturated carbocycles. The number of aromatic nitrogens is 4. The van der Waals surface area contributed by atoms with Crippen LogP contribution >= 0.6 is 0 Å². The molecule has 0 aliphatic rings. The molecule has 0 aliphatic heterocycles. The van der Waals surface area contributed by atoms with Gasteiger partial charge < -0.3 is 10.1 Å². The van der Waals surface area contributed by atoms with Gasteiger partial charge in [0.2, 0.25) is 5.88 Å². The van der Waals surface area contributed by atoms with E-state index in [2.05, 4.69) is 20.6 Å². The maximum absolute atomic E-state index is 12.2. The molecule has 1 N–H and O–H groups in total. The average Bonchev–Trinajstić information content (AvgIpc) is 3.02. The van der Waals surface area contributed by atoms with Crippen LogP contribution in [0.15, 0.2) is 36.5 Å². The second-order valence-corrected chi connectivity index (χ2v) is 5.00. The number of methoxy groups -OCH3 is 1. The number of pyridine rings is 1. The zero-order valence-electron chi connectivity index (χ0n) is 13.0. The summed E-state index contributed by atoms with van der Waals surface area (Å²) in [4.78, 5) is 16.4. The number of rotatable bonds is 5. The minimum absolute atomic E-state index is 0.159. The van der Waals surface area contributed by atoms with E-state index in [4.69, 9.17) is 4.74 Å². The predicted molar refractivity (Wildman–Crippen MR) is 85.2 cm³/mol. The number of benzene rings is 1. The predicted octanol–water partition coefficient (Wildman–Crippen LogP) is 1.78. The maximum atomic E-state index is 12.2. The Morgan fingerprint density at radius 1 is 1.30 bits per heavy atom. The van der Waals surface area contributed by atoms with Crippen molar-refractivity contribution in [3.05, 3.63) is 47.7 Å². The van der Waals surface area contributed by atoms with Crippen LogP contribution in [0.5, 0.6) is 5.88 Å². The van der Waals surface area contributed by atoms with Crippen LogP contribution in [0.1, 0.15) is 22.8 Å². The van der Waals surface area contributed by atoms with E-state index in [1.54, 1.807) is 36.2 Å². The molecule has 0 atom stereocenters. The molecule has 7 heteroatoms. The number of hydrogen-bond acceptors (Lipinski definition) is 5. The first-order chi connectivity index (χ1) is 11.2. The van der Waals surface area contributed by atoms with E-state index in [1.807, 2.05) is 19.1 Å². The molecule has 2 aromatic heterocycles. The van der Waals surface area contributed by atoms with E-state index in [0.717, 1.165) is 17.6 Å². The van der Waals surface area contributed by atoms with Crippen LogP contribution < -0.4 is 10.1 Å². The molecule has 3 aromatic rings. The number of ether oxygens (including phenoxy) is 1. The molecule has 3 rings (SSSR count). The Bertz CT molecular complexity index is 826. The minimum atomic E-state index is -0.159. The van der Waals surface area contributed by atoms with Gasteiger partial charge in [-0.25, -0.2) is 9.67 Å². The van der Waals surface area contributed by atoms with Crippen molar-refractivity contribution in [2.24, 2.45) is 0 Å². The van der Waals surface area contributed by atoms with E-state index in [0.29, 0.717) is 23.5 Å². The van der Waals surface area contributed by atoms with E-state index in [-0.39, 0.29) is 5.91 Å². The Morgan fingerprint density at radius 2 is 2.17 bits per heavy atom. The highest BCUT2D eigenvalue weighted by atomic mass is 16.5. The quantitative estimate of drug-likeness (QED) is 0.777. The lowest BCUT2D eigenvalue weighted by Crippen LogP contribution is -2.22. The zero-order valence-corrected chi connectivity index (χ0v) is 13.0.